The van der Waals surface area contributed by atoms with E-state index in [0.717, 1.165) is 18.5 Å². The van der Waals surface area contributed by atoms with Gasteiger partial charge in [-0.1, -0.05) is 49.4 Å². The molecule has 4 nitrogen and oxygen atoms in total. The fourth-order valence-electron chi connectivity index (χ4n) is 3.16. The lowest BCUT2D eigenvalue weighted by atomic mass is 10.1. The lowest BCUT2D eigenvalue weighted by molar-refractivity contribution is -0.126. The first-order valence-electron chi connectivity index (χ1n) is 8.88. The van der Waals surface area contributed by atoms with E-state index in [4.69, 9.17) is 0 Å². The molecule has 3 rings (SSSR count). The molecule has 2 aromatic carbocycles. The molecular weight excluding hydrogens is 312 g/mol. The second-order valence-corrected chi connectivity index (χ2v) is 6.45. The Hall–Kier alpha value is -2.62. The van der Waals surface area contributed by atoms with Crippen LogP contribution in [-0.4, -0.2) is 24.9 Å². The van der Waals surface area contributed by atoms with Crippen LogP contribution < -0.4 is 10.2 Å². The molecule has 0 radical (unpaired) electrons. The molecule has 4 heteroatoms. The summed E-state index contributed by atoms with van der Waals surface area (Å²) in [5.74, 6) is -0.279. The van der Waals surface area contributed by atoms with Crippen molar-refractivity contribution in [2.45, 2.75) is 26.2 Å². The minimum atomic E-state index is -0.269. The van der Waals surface area contributed by atoms with Gasteiger partial charge in [-0.15, -0.1) is 0 Å². The number of nitrogens with zero attached hydrogens (tertiary/aromatic N) is 1. The van der Waals surface area contributed by atoms with Gasteiger partial charge in [0.05, 0.1) is 5.92 Å². The molecule has 1 aliphatic rings. The molecule has 0 spiro atoms. The van der Waals surface area contributed by atoms with Gasteiger partial charge in [-0.25, -0.2) is 0 Å². The molecule has 1 fully saturated rings. The van der Waals surface area contributed by atoms with Crippen molar-refractivity contribution in [2.24, 2.45) is 5.92 Å². The van der Waals surface area contributed by atoms with E-state index in [2.05, 4.69) is 12.2 Å². The van der Waals surface area contributed by atoms with Gasteiger partial charge in [0.25, 0.3) is 0 Å². The molecule has 0 aliphatic carbocycles. The summed E-state index contributed by atoms with van der Waals surface area (Å²) in [5, 5.41) is 2.97. The van der Waals surface area contributed by atoms with Gasteiger partial charge in [0.2, 0.25) is 11.8 Å². The topological polar surface area (TPSA) is 49.4 Å². The van der Waals surface area contributed by atoms with Crippen molar-refractivity contribution in [3.63, 3.8) is 0 Å². The molecule has 2 aromatic rings. The van der Waals surface area contributed by atoms with Crippen molar-refractivity contribution < 1.29 is 9.59 Å². The molecule has 1 saturated heterocycles. The van der Waals surface area contributed by atoms with Crippen LogP contribution in [-0.2, 0) is 22.4 Å². The van der Waals surface area contributed by atoms with Gasteiger partial charge in [0.1, 0.15) is 0 Å². The zero-order valence-electron chi connectivity index (χ0n) is 14.6. The number of aryl methyl sites for hydroxylation is 1. The molecule has 1 N–H and O–H groups in total. The third-order valence-electron chi connectivity index (χ3n) is 4.71. The Morgan fingerprint density at radius 1 is 1.08 bits per heavy atom. The third-order valence-corrected chi connectivity index (χ3v) is 4.71. The predicted molar refractivity (Wildman–Crippen MR) is 99.4 cm³/mol. The van der Waals surface area contributed by atoms with Crippen molar-refractivity contribution in [2.75, 3.05) is 18.0 Å². The van der Waals surface area contributed by atoms with Crippen LogP contribution in [0, 0.1) is 5.92 Å². The minimum absolute atomic E-state index is 0.0208. The number of nitrogens with one attached hydrogen (secondary N) is 1. The summed E-state index contributed by atoms with van der Waals surface area (Å²) in [6, 6.07) is 18.1. The summed E-state index contributed by atoms with van der Waals surface area (Å²) < 4.78 is 0. The van der Waals surface area contributed by atoms with Crippen molar-refractivity contribution in [3.05, 3.63) is 65.7 Å². The molecule has 130 valence electrons. The Morgan fingerprint density at radius 2 is 1.80 bits per heavy atom. The fourth-order valence-corrected chi connectivity index (χ4v) is 3.16. The van der Waals surface area contributed by atoms with Crippen LogP contribution in [0.3, 0.4) is 0 Å². The summed E-state index contributed by atoms with van der Waals surface area (Å²) in [5.41, 5.74) is 3.32. The fraction of sp³-hybridized carbons (Fsp3) is 0.333. The SMILES string of the molecule is CCc1ccc(N2CC(C(=O)NCCc3ccccc3)CC2=O)cc1. The molecule has 0 saturated carbocycles. The molecule has 1 unspecified atom stereocenters. The van der Waals surface area contributed by atoms with Gasteiger partial charge >= 0.3 is 0 Å². The molecule has 1 atom stereocenters. The van der Waals surface area contributed by atoms with Crippen molar-refractivity contribution in [1.29, 1.82) is 0 Å². The van der Waals surface area contributed by atoms with E-state index in [9.17, 15) is 9.59 Å². The third kappa shape index (κ3) is 4.27. The quantitative estimate of drug-likeness (QED) is 0.882. The van der Waals surface area contributed by atoms with E-state index in [1.807, 2.05) is 54.6 Å². The first kappa shape index (κ1) is 17.2. The second kappa shape index (κ2) is 7.97. The highest BCUT2D eigenvalue weighted by Gasteiger charge is 2.34. The number of benzene rings is 2. The highest BCUT2D eigenvalue weighted by molar-refractivity contribution is 6.00. The lowest BCUT2D eigenvalue weighted by Gasteiger charge is -2.17. The second-order valence-electron chi connectivity index (χ2n) is 6.45. The van der Waals surface area contributed by atoms with Crippen LogP contribution in [0.2, 0.25) is 0 Å². The normalized spacial score (nSPS) is 16.9. The zero-order chi connectivity index (χ0) is 17.6. The van der Waals surface area contributed by atoms with Crippen molar-refractivity contribution >= 4 is 17.5 Å². The summed E-state index contributed by atoms with van der Waals surface area (Å²) >= 11 is 0. The van der Waals surface area contributed by atoms with Crippen LogP contribution in [0.25, 0.3) is 0 Å². The average Bonchev–Trinajstić information content (AvgIpc) is 3.04. The van der Waals surface area contributed by atoms with E-state index in [1.165, 1.54) is 11.1 Å². The molecule has 25 heavy (non-hydrogen) atoms. The van der Waals surface area contributed by atoms with Crippen molar-refractivity contribution in [1.82, 2.24) is 5.32 Å². The van der Waals surface area contributed by atoms with Gasteiger partial charge in [0, 0.05) is 25.2 Å². The van der Waals surface area contributed by atoms with Crippen LogP contribution in [0.15, 0.2) is 54.6 Å². The van der Waals surface area contributed by atoms with Crippen LogP contribution in [0.4, 0.5) is 5.69 Å². The average molecular weight is 336 g/mol. The smallest absolute Gasteiger partial charge is 0.227 e. The van der Waals surface area contributed by atoms with E-state index < -0.39 is 0 Å². The van der Waals surface area contributed by atoms with Crippen molar-refractivity contribution in [3.8, 4) is 0 Å². The number of hydrogen-bond donors (Lipinski definition) is 1. The van der Waals surface area contributed by atoms with Gasteiger partial charge in [-0.2, -0.15) is 0 Å². The minimum Gasteiger partial charge on any atom is -0.355 e. The molecule has 0 bridgehead atoms. The maximum atomic E-state index is 12.4. The zero-order valence-corrected chi connectivity index (χ0v) is 14.6. The van der Waals surface area contributed by atoms with Gasteiger partial charge in [-0.3, -0.25) is 9.59 Å². The highest BCUT2D eigenvalue weighted by atomic mass is 16.2. The summed E-state index contributed by atoms with van der Waals surface area (Å²) in [7, 11) is 0. The molecule has 1 heterocycles. The first-order chi connectivity index (χ1) is 12.2. The molecule has 1 aliphatic heterocycles. The largest absolute Gasteiger partial charge is 0.355 e. The molecule has 0 aromatic heterocycles. The lowest BCUT2D eigenvalue weighted by Crippen LogP contribution is -2.34. The maximum Gasteiger partial charge on any atom is 0.227 e. The van der Waals surface area contributed by atoms with E-state index in [0.29, 0.717) is 13.1 Å². The maximum absolute atomic E-state index is 12.4. The standard InChI is InChI=1S/C21H24N2O2/c1-2-16-8-10-19(11-9-16)23-15-18(14-20(23)24)21(25)22-13-12-17-6-4-3-5-7-17/h3-11,18H,2,12-15H2,1H3,(H,22,25). The predicted octanol–water partition coefficient (Wildman–Crippen LogP) is 2.96. The van der Waals surface area contributed by atoms with Gasteiger partial charge in [-0.05, 0) is 36.1 Å². The Kier molecular flexibility index (Phi) is 5.49. The number of carbonyl (C=O) groups is 2. The number of hydrogen-bond acceptors (Lipinski definition) is 2. The summed E-state index contributed by atoms with van der Waals surface area (Å²) in [4.78, 5) is 26.4. The highest BCUT2D eigenvalue weighted by Crippen LogP contribution is 2.25. The number of anilines is 1. The van der Waals surface area contributed by atoms with Crippen LogP contribution in [0.1, 0.15) is 24.5 Å². The monoisotopic (exact) mass is 336 g/mol. The van der Waals surface area contributed by atoms with E-state index >= 15 is 0 Å². The van der Waals surface area contributed by atoms with Gasteiger partial charge < -0.3 is 10.2 Å². The Balaban J connectivity index is 1.53. The van der Waals surface area contributed by atoms with Crippen LogP contribution in [0.5, 0.6) is 0 Å². The first-order valence-corrected chi connectivity index (χ1v) is 8.88. The number of carbonyl (C=O) groups excluding carboxylic acids is 2. The molecule has 2 amide bonds. The molecular formula is C21H24N2O2. The van der Waals surface area contributed by atoms with Crippen LogP contribution >= 0.6 is 0 Å². The summed E-state index contributed by atoms with van der Waals surface area (Å²) in [6.45, 7) is 3.16. The Labute approximate surface area is 148 Å². The summed E-state index contributed by atoms with van der Waals surface area (Å²) in [6.07, 6.45) is 2.06. The van der Waals surface area contributed by atoms with E-state index in [-0.39, 0.29) is 24.2 Å². The Morgan fingerprint density at radius 3 is 2.48 bits per heavy atom. The van der Waals surface area contributed by atoms with E-state index in [1.54, 1.807) is 4.90 Å². The number of amides is 2. The number of rotatable bonds is 6. The Bertz CT molecular complexity index is 725. The van der Waals surface area contributed by atoms with Gasteiger partial charge in [0.15, 0.2) is 0 Å².